The van der Waals surface area contributed by atoms with Crippen LogP contribution >= 0.6 is 0 Å². The molecule has 16 nitrogen and oxygen atoms in total. The van der Waals surface area contributed by atoms with E-state index in [1.807, 2.05) is 194 Å². The van der Waals surface area contributed by atoms with E-state index in [0.717, 1.165) is 87.6 Å². The second kappa shape index (κ2) is 18.4. The van der Waals surface area contributed by atoms with Crippen LogP contribution < -0.4 is 0 Å². The van der Waals surface area contributed by atoms with Crippen LogP contribution in [0, 0.1) is 36.9 Å². The summed E-state index contributed by atoms with van der Waals surface area (Å²) < 4.78 is 0. The Labute approximate surface area is 486 Å². The van der Waals surface area contributed by atoms with Gasteiger partial charge in [-0.2, -0.15) is 0 Å². The zero-order valence-corrected chi connectivity index (χ0v) is 43.8. The first-order valence-corrected chi connectivity index (χ1v) is 26.0. The van der Waals surface area contributed by atoms with Crippen LogP contribution in [-0.2, 0) is 0 Å². The quantitative estimate of drug-likeness (QED) is 0.111. The third-order valence-corrected chi connectivity index (χ3v) is 14.9. The van der Waals surface area contributed by atoms with Crippen LogP contribution in [0.15, 0.2) is 194 Å². The van der Waals surface area contributed by atoms with Gasteiger partial charge in [0.2, 0.25) is 0 Å². The fraction of sp³-hybridized carbons (Fsp3) is 0. The minimum absolute atomic E-state index is 0. The number of aromatic amines is 4. The summed E-state index contributed by atoms with van der Waals surface area (Å²) in [5.41, 5.74) is 12.9. The summed E-state index contributed by atoms with van der Waals surface area (Å²) >= 11 is 0. The molecule has 4 N–H and O–H groups in total. The fourth-order valence-electron chi connectivity index (χ4n) is 11.2. The summed E-state index contributed by atoms with van der Waals surface area (Å²) in [5, 5.41) is 7.64. The van der Waals surface area contributed by atoms with E-state index in [9.17, 15) is 0 Å². The van der Waals surface area contributed by atoms with Crippen LogP contribution in [0.25, 0.3) is 179 Å². The topological polar surface area (TPSA) is 218 Å². The van der Waals surface area contributed by atoms with Gasteiger partial charge in [0.25, 0.3) is 0 Å². The van der Waals surface area contributed by atoms with Crippen LogP contribution in [0.3, 0.4) is 0 Å². The molecule has 384 valence electrons. The Hall–Kier alpha value is -10.3. The first kappa shape index (κ1) is 46.8. The van der Waals surface area contributed by atoms with Gasteiger partial charge in [-0.1, -0.05) is 194 Å². The average Bonchev–Trinajstić information content (AvgIpc) is 4.53. The molecule has 81 heavy (non-hydrogen) atoms. The molecule has 17 heteroatoms. The van der Waals surface area contributed by atoms with Crippen LogP contribution in [0.2, 0.25) is 0 Å². The monoisotopic (exact) mass is 1200 g/mol. The zero-order chi connectivity index (χ0) is 52.4. The molecule has 16 bridgehead atoms. The number of nitrogens with zero attached hydrogens (tertiary/aromatic N) is 12. The van der Waals surface area contributed by atoms with Gasteiger partial charge in [0, 0.05) is 87.6 Å². The summed E-state index contributed by atoms with van der Waals surface area (Å²) in [6.45, 7) is 0. The van der Waals surface area contributed by atoms with E-state index in [0.29, 0.717) is 91.8 Å². The predicted molar refractivity (Wildman–Crippen MR) is 312 cm³/mol. The number of rotatable bonds is 0. The smallest absolute Gasteiger partial charge is 0.324 e. The molecular weight excluding hydrogens is 1170 g/mol. The minimum atomic E-state index is 0. The van der Waals surface area contributed by atoms with E-state index < -0.39 is 0 Å². The van der Waals surface area contributed by atoms with Gasteiger partial charge in [0.1, 0.15) is 45.2 Å². The Morgan fingerprint density at radius 1 is 0.160 bits per heavy atom. The minimum Gasteiger partial charge on any atom is -0.324 e. The summed E-state index contributed by atoms with van der Waals surface area (Å²) in [6.07, 6.45) is 0. The summed E-state index contributed by atoms with van der Waals surface area (Å²) in [7, 11) is 0. The average molecular weight is 1200 g/mol. The molecule has 4 aliphatic rings. The molecule has 14 aromatic rings. The Balaban J connectivity index is 0.000000132. The Bertz CT molecular complexity index is 4390. The third kappa shape index (κ3) is 7.55. The number of aromatic nitrogens is 16. The molecule has 0 unspecified atom stereocenters. The fourth-order valence-corrected chi connectivity index (χ4v) is 11.2. The molecule has 4 aliphatic heterocycles. The van der Waals surface area contributed by atoms with Gasteiger partial charge in [-0.15, -0.1) is 0 Å². The number of H-pyrrole nitrogens is 4. The standard InChI is InChI=1S/2C32H18N8.Lu/c2*1-2-10-18-17(9-1)25-33-26(18)38-28-21-13-5-6-14-22(21)30(35-28)40-32-24-16-8-7-15-23(24)31(36-32)39-29-20-12-4-3-11-19(20)27(34-29)37-25;/h2*1-16H,(H2,33,34,35,36,37,38,39,40);/q;;+3. The molecule has 0 spiro atoms. The van der Waals surface area contributed by atoms with Gasteiger partial charge < -0.3 is 19.9 Å². The molecule has 0 atom stereocenters. The maximum absolute atomic E-state index is 5.02. The molecule has 0 amide bonds. The van der Waals surface area contributed by atoms with E-state index >= 15 is 0 Å². The van der Waals surface area contributed by atoms with E-state index in [1.54, 1.807) is 0 Å². The Morgan fingerprint density at radius 3 is 0.420 bits per heavy atom. The van der Waals surface area contributed by atoms with Crippen molar-refractivity contribution in [3.05, 3.63) is 194 Å². The van der Waals surface area contributed by atoms with Crippen molar-refractivity contribution in [2.45, 2.75) is 0 Å². The molecule has 0 fully saturated rings. The zero-order valence-electron chi connectivity index (χ0n) is 42.1. The van der Waals surface area contributed by atoms with Crippen LogP contribution in [0.1, 0.15) is 0 Å². The maximum atomic E-state index is 5.02. The van der Waals surface area contributed by atoms with Crippen LogP contribution in [-0.4, -0.2) is 79.7 Å². The molecule has 0 saturated heterocycles. The van der Waals surface area contributed by atoms with Crippen molar-refractivity contribution in [3.8, 4) is 91.1 Å². The van der Waals surface area contributed by atoms with E-state index in [4.69, 9.17) is 59.8 Å². The molecule has 6 aromatic heterocycles. The van der Waals surface area contributed by atoms with Gasteiger partial charge in [-0.25, -0.2) is 59.8 Å². The molecule has 18 rings (SSSR count). The van der Waals surface area contributed by atoms with E-state index in [-0.39, 0.29) is 36.9 Å². The number of hydrogen-bond acceptors (Lipinski definition) is 12. The number of fused-ring (bicyclic) bond motifs is 40. The van der Waals surface area contributed by atoms with Crippen molar-refractivity contribution >= 4 is 88.3 Å². The van der Waals surface area contributed by atoms with Crippen LogP contribution in [0.4, 0.5) is 0 Å². The summed E-state index contributed by atoms with van der Waals surface area (Å²) in [4.78, 5) is 73.5. The summed E-state index contributed by atoms with van der Waals surface area (Å²) in [5.74, 6) is 4.78. The first-order chi connectivity index (χ1) is 39.6. The number of hydrogen-bond donors (Lipinski definition) is 4. The van der Waals surface area contributed by atoms with Crippen molar-refractivity contribution in [2.24, 2.45) is 0 Å². The molecule has 0 saturated carbocycles. The molecule has 0 radical (unpaired) electrons. The van der Waals surface area contributed by atoms with Gasteiger partial charge in [0.05, 0.1) is 0 Å². The van der Waals surface area contributed by atoms with Crippen LogP contribution in [0.5, 0.6) is 0 Å². The van der Waals surface area contributed by atoms with E-state index in [1.165, 1.54) is 0 Å². The van der Waals surface area contributed by atoms with Gasteiger partial charge in [-0.05, 0) is 0 Å². The van der Waals surface area contributed by atoms with Crippen molar-refractivity contribution < 1.29 is 36.9 Å². The van der Waals surface area contributed by atoms with Gasteiger partial charge >= 0.3 is 36.9 Å². The largest absolute Gasteiger partial charge is 3.00 e. The molecular formula is C64H36LuN16+3. The summed E-state index contributed by atoms with van der Waals surface area (Å²) in [6, 6.07) is 64.5. The number of benzene rings is 8. The van der Waals surface area contributed by atoms with Crippen molar-refractivity contribution in [1.29, 1.82) is 0 Å². The van der Waals surface area contributed by atoms with Crippen molar-refractivity contribution in [1.82, 2.24) is 79.7 Å². The number of nitrogens with one attached hydrogen (secondary N) is 4. The van der Waals surface area contributed by atoms with Gasteiger partial charge in [-0.3, -0.25) is 0 Å². The van der Waals surface area contributed by atoms with Crippen molar-refractivity contribution in [2.75, 3.05) is 0 Å². The second-order valence-electron chi connectivity index (χ2n) is 19.6. The second-order valence-corrected chi connectivity index (χ2v) is 19.6. The Kier molecular flexibility index (Phi) is 10.6. The SMILES string of the molecule is [Lu+3].c1ccc2c(c1)-c1nc-2nc2[nH]c(nc3nc(nc4[nH]c(n1)c1ccccc41)-c1ccccc1-3)c1ccccc21.c1ccc2c(c1)-c1nc-2nc2[nH]c(nc3nc(nc4[nH]c(n1)c1ccccc41)-c1ccccc1-3)c1ccccc21. The Morgan fingerprint density at radius 2 is 0.284 bits per heavy atom. The molecule has 0 aliphatic carbocycles. The normalized spacial score (nSPS) is 11.9. The van der Waals surface area contributed by atoms with Gasteiger partial charge in [0.15, 0.2) is 46.6 Å². The molecule has 10 heterocycles. The van der Waals surface area contributed by atoms with Crippen molar-refractivity contribution in [3.63, 3.8) is 0 Å². The molecule has 8 aromatic carbocycles. The third-order valence-electron chi connectivity index (χ3n) is 14.9. The van der Waals surface area contributed by atoms with E-state index in [2.05, 4.69) is 19.9 Å². The predicted octanol–water partition coefficient (Wildman–Crippen LogP) is 13.7. The first-order valence-electron chi connectivity index (χ1n) is 26.0. The maximum Gasteiger partial charge on any atom is 3.00 e.